The lowest BCUT2D eigenvalue weighted by Crippen LogP contribution is -2.05. The molecule has 2 rings (SSSR count). The first-order chi connectivity index (χ1) is 9.49. The third-order valence-electron chi connectivity index (χ3n) is 3.16. The van der Waals surface area contributed by atoms with E-state index in [0.717, 1.165) is 5.69 Å². The molecule has 0 saturated heterocycles. The van der Waals surface area contributed by atoms with Gasteiger partial charge in [0, 0.05) is 17.8 Å². The van der Waals surface area contributed by atoms with Crippen molar-refractivity contribution in [3.8, 4) is 0 Å². The summed E-state index contributed by atoms with van der Waals surface area (Å²) in [5, 5.41) is 3.06. The van der Waals surface area contributed by atoms with Gasteiger partial charge < -0.3 is 5.32 Å². The van der Waals surface area contributed by atoms with E-state index in [1.807, 2.05) is 24.3 Å². The van der Waals surface area contributed by atoms with Crippen LogP contribution in [0.3, 0.4) is 0 Å². The van der Waals surface area contributed by atoms with Gasteiger partial charge in [0.1, 0.15) is 11.6 Å². The van der Waals surface area contributed by atoms with E-state index in [4.69, 9.17) is 0 Å². The van der Waals surface area contributed by atoms with Gasteiger partial charge in [-0.2, -0.15) is 0 Å². The highest BCUT2D eigenvalue weighted by Gasteiger charge is 2.12. The minimum absolute atomic E-state index is 0.0364. The molecule has 0 aliphatic rings. The molecule has 0 bridgehead atoms. The van der Waals surface area contributed by atoms with E-state index in [9.17, 15) is 8.78 Å². The lowest BCUT2D eigenvalue weighted by molar-refractivity contribution is 0.555. The lowest BCUT2D eigenvalue weighted by Gasteiger charge is -2.12. The Kier molecular flexibility index (Phi) is 4.76. The first-order valence-electron chi connectivity index (χ1n) is 6.45. The summed E-state index contributed by atoms with van der Waals surface area (Å²) >= 11 is 3.07. The Morgan fingerprint density at radius 1 is 1.15 bits per heavy atom. The Bertz CT molecular complexity index is 611. The molecule has 0 atom stereocenters. The highest BCUT2D eigenvalue weighted by molar-refractivity contribution is 9.10. The number of rotatable bonds is 4. The zero-order valence-electron chi connectivity index (χ0n) is 11.4. The second kappa shape index (κ2) is 6.35. The van der Waals surface area contributed by atoms with Crippen molar-refractivity contribution in [1.82, 2.24) is 0 Å². The SMILES string of the molecule is CC(C)c1cccc(NCc2c(F)ccc(Br)c2F)c1. The first-order valence-corrected chi connectivity index (χ1v) is 7.24. The molecule has 0 amide bonds. The average Bonchev–Trinajstić information content (AvgIpc) is 2.43. The van der Waals surface area contributed by atoms with Crippen molar-refractivity contribution >= 4 is 21.6 Å². The lowest BCUT2D eigenvalue weighted by atomic mass is 10.0. The van der Waals surface area contributed by atoms with Crippen LogP contribution < -0.4 is 5.32 Å². The standard InChI is InChI=1S/C16H16BrF2N/c1-10(2)11-4-3-5-12(8-11)20-9-13-15(18)7-6-14(17)16(13)19/h3-8,10,20H,9H2,1-2H3. The predicted molar refractivity (Wildman–Crippen MR) is 81.9 cm³/mol. The molecule has 1 N–H and O–H groups in total. The van der Waals surface area contributed by atoms with Crippen LogP contribution in [0.15, 0.2) is 40.9 Å². The van der Waals surface area contributed by atoms with Crippen molar-refractivity contribution < 1.29 is 8.78 Å². The molecule has 2 aromatic carbocycles. The van der Waals surface area contributed by atoms with Crippen LogP contribution in [0.1, 0.15) is 30.9 Å². The van der Waals surface area contributed by atoms with E-state index in [0.29, 0.717) is 5.92 Å². The summed E-state index contributed by atoms with van der Waals surface area (Å²) in [6, 6.07) is 10.5. The molecule has 0 fully saturated rings. The molecular weight excluding hydrogens is 324 g/mol. The molecule has 0 aromatic heterocycles. The molecule has 0 aliphatic heterocycles. The number of benzene rings is 2. The first kappa shape index (κ1) is 15.0. The third kappa shape index (κ3) is 3.37. The van der Waals surface area contributed by atoms with Gasteiger partial charge >= 0.3 is 0 Å². The Balaban J connectivity index is 2.17. The number of hydrogen-bond acceptors (Lipinski definition) is 1. The molecular formula is C16H16BrF2N. The van der Waals surface area contributed by atoms with Gasteiger partial charge in [0.25, 0.3) is 0 Å². The fourth-order valence-corrected chi connectivity index (χ4v) is 2.30. The van der Waals surface area contributed by atoms with Crippen molar-refractivity contribution in [3.63, 3.8) is 0 Å². The van der Waals surface area contributed by atoms with Crippen molar-refractivity contribution in [2.75, 3.05) is 5.32 Å². The van der Waals surface area contributed by atoms with Crippen LogP contribution in [0.2, 0.25) is 0 Å². The van der Waals surface area contributed by atoms with Crippen LogP contribution in [-0.4, -0.2) is 0 Å². The minimum Gasteiger partial charge on any atom is -0.381 e. The van der Waals surface area contributed by atoms with Crippen LogP contribution in [0.5, 0.6) is 0 Å². The van der Waals surface area contributed by atoms with Gasteiger partial charge in [-0.25, -0.2) is 8.78 Å². The van der Waals surface area contributed by atoms with Gasteiger partial charge in [-0.3, -0.25) is 0 Å². The summed E-state index contributed by atoms with van der Waals surface area (Å²) in [6.07, 6.45) is 0. The van der Waals surface area contributed by atoms with Crippen molar-refractivity contribution in [2.45, 2.75) is 26.3 Å². The molecule has 0 radical (unpaired) electrons. The van der Waals surface area contributed by atoms with Gasteiger partial charge in [-0.05, 0) is 51.7 Å². The maximum atomic E-state index is 13.8. The Hall–Kier alpha value is -1.42. The second-order valence-corrected chi connectivity index (χ2v) is 5.81. The second-order valence-electron chi connectivity index (χ2n) is 4.96. The van der Waals surface area contributed by atoms with Crippen LogP contribution in [0, 0.1) is 11.6 Å². The topological polar surface area (TPSA) is 12.0 Å². The average molecular weight is 340 g/mol. The maximum Gasteiger partial charge on any atom is 0.145 e. The van der Waals surface area contributed by atoms with Gasteiger partial charge in [-0.1, -0.05) is 26.0 Å². The smallest absolute Gasteiger partial charge is 0.145 e. The molecule has 20 heavy (non-hydrogen) atoms. The zero-order chi connectivity index (χ0) is 14.7. The highest BCUT2D eigenvalue weighted by Crippen LogP contribution is 2.23. The molecule has 0 unspecified atom stereocenters. The molecule has 106 valence electrons. The quantitative estimate of drug-likeness (QED) is 0.729. The molecule has 0 spiro atoms. The van der Waals surface area contributed by atoms with Crippen LogP contribution >= 0.6 is 15.9 Å². The van der Waals surface area contributed by atoms with Crippen LogP contribution in [0.25, 0.3) is 0 Å². The van der Waals surface area contributed by atoms with Crippen LogP contribution in [-0.2, 0) is 6.54 Å². The van der Waals surface area contributed by atoms with E-state index < -0.39 is 11.6 Å². The Morgan fingerprint density at radius 2 is 1.90 bits per heavy atom. The zero-order valence-corrected chi connectivity index (χ0v) is 13.0. The summed E-state index contributed by atoms with van der Waals surface area (Å²) in [6.45, 7) is 4.32. The van der Waals surface area contributed by atoms with E-state index in [2.05, 4.69) is 35.1 Å². The van der Waals surface area contributed by atoms with Gasteiger partial charge in [0.05, 0.1) is 4.47 Å². The summed E-state index contributed by atoms with van der Waals surface area (Å²) in [5.74, 6) is -0.688. The number of halogens is 3. The third-order valence-corrected chi connectivity index (χ3v) is 3.77. The molecule has 2 aromatic rings. The largest absolute Gasteiger partial charge is 0.381 e. The van der Waals surface area contributed by atoms with E-state index >= 15 is 0 Å². The fraction of sp³-hybridized carbons (Fsp3) is 0.250. The highest BCUT2D eigenvalue weighted by atomic mass is 79.9. The molecule has 4 heteroatoms. The van der Waals surface area contributed by atoms with Crippen molar-refractivity contribution in [2.24, 2.45) is 0 Å². The molecule has 0 saturated carbocycles. The van der Waals surface area contributed by atoms with Crippen molar-refractivity contribution in [3.05, 3.63) is 63.6 Å². The van der Waals surface area contributed by atoms with E-state index in [1.165, 1.54) is 17.7 Å². The van der Waals surface area contributed by atoms with Gasteiger partial charge in [-0.15, -0.1) is 0 Å². The van der Waals surface area contributed by atoms with Crippen molar-refractivity contribution in [1.29, 1.82) is 0 Å². The number of anilines is 1. The van der Waals surface area contributed by atoms with E-state index in [1.54, 1.807) is 0 Å². The van der Waals surface area contributed by atoms with Crippen LogP contribution in [0.4, 0.5) is 14.5 Å². The fourth-order valence-electron chi connectivity index (χ4n) is 1.93. The summed E-state index contributed by atoms with van der Waals surface area (Å²) < 4.78 is 27.8. The predicted octanol–water partition coefficient (Wildman–Crippen LogP) is 5.46. The summed E-state index contributed by atoms with van der Waals surface area (Å²) in [5.41, 5.74) is 2.08. The Morgan fingerprint density at radius 3 is 2.60 bits per heavy atom. The number of nitrogens with one attached hydrogen (secondary N) is 1. The molecule has 0 heterocycles. The summed E-state index contributed by atoms with van der Waals surface area (Å²) in [4.78, 5) is 0. The molecule has 0 aliphatic carbocycles. The monoisotopic (exact) mass is 339 g/mol. The Labute approximate surface area is 126 Å². The number of hydrogen-bond donors (Lipinski definition) is 1. The van der Waals surface area contributed by atoms with E-state index in [-0.39, 0.29) is 16.6 Å². The van der Waals surface area contributed by atoms with Gasteiger partial charge in [0.2, 0.25) is 0 Å². The van der Waals surface area contributed by atoms with Gasteiger partial charge in [0.15, 0.2) is 0 Å². The minimum atomic E-state index is -0.558. The maximum absolute atomic E-state index is 13.8. The molecule has 1 nitrogen and oxygen atoms in total. The summed E-state index contributed by atoms with van der Waals surface area (Å²) in [7, 11) is 0. The normalized spacial score (nSPS) is 10.9.